The summed E-state index contributed by atoms with van der Waals surface area (Å²) in [6.07, 6.45) is -0.526. The lowest BCUT2D eigenvalue weighted by Gasteiger charge is -2.34. The molecule has 7 nitrogen and oxygen atoms in total. The molecule has 0 aliphatic carbocycles. The highest BCUT2D eigenvalue weighted by molar-refractivity contribution is 6.10. The summed E-state index contributed by atoms with van der Waals surface area (Å²) < 4.78 is 4.97. The van der Waals surface area contributed by atoms with Crippen LogP contribution >= 0.6 is 0 Å². The molecule has 1 aromatic rings. The average Bonchev–Trinajstić information content (AvgIpc) is 2.91. The number of amides is 3. The summed E-state index contributed by atoms with van der Waals surface area (Å²) in [6, 6.07) is 6.01. The van der Waals surface area contributed by atoms with Crippen LogP contribution in [0.5, 0.6) is 0 Å². The minimum absolute atomic E-state index is 0.0855. The van der Waals surface area contributed by atoms with Crippen molar-refractivity contribution in [3.63, 3.8) is 0 Å². The molecule has 0 saturated carbocycles. The molecular weight excluding hydrogens is 312 g/mol. The van der Waals surface area contributed by atoms with Gasteiger partial charge in [0.05, 0.1) is 13.2 Å². The first-order valence-corrected chi connectivity index (χ1v) is 7.91. The largest absolute Gasteiger partial charge is 0.450 e. The van der Waals surface area contributed by atoms with Crippen LogP contribution in [0.1, 0.15) is 35.7 Å². The van der Waals surface area contributed by atoms with Crippen molar-refractivity contribution in [2.24, 2.45) is 0 Å². The van der Waals surface area contributed by atoms with E-state index in [1.165, 1.54) is 4.90 Å². The Bertz CT molecular complexity index is 715. The standard InChI is InChI=1S/C17H18N2O5/c1-2-24-17(23)18-8-7-12(20)9-14(18)16(22)19-10-11-5-3-4-6-13(11)15(19)21/h3-6,14H,2,7-10H2,1H3. The molecule has 2 heterocycles. The molecule has 0 bridgehead atoms. The Morgan fingerprint density at radius 2 is 2.00 bits per heavy atom. The van der Waals surface area contributed by atoms with Gasteiger partial charge in [-0.05, 0) is 18.6 Å². The fraction of sp³-hybridized carbons (Fsp3) is 0.412. The molecule has 0 aromatic heterocycles. The highest BCUT2D eigenvalue weighted by atomic mass is 16.6. The fourth-order valence-electron chi connectivity index (χ4n) is 3.09. The number of nitrogens with zero attached hydrogens (tertiary/aromatic N) is 2. The maximum absolute atomic E-state index is 12.8. The zero-order valence-corrected chi connectivity index (χ0v) is 13.4. The van der Waals surface area contributed by atoms with Gasteiger partial charge in [-0.25, -0.2) is 4.79 Å². The van der Waals surface area contributed by atoms with Crippen molar-refractivity contribution in [2.75, 3.05) is 13.2 Å². The van der Waals surface area contributed by atoms with E-state index in [4.69, 9.17) is 4.74 Å². The zero-order valence-electron chi connectivity index (χ0n) is 13.4. The second-order valence-corrected chi connectivity index (χ2v) is 5.79. The topological polar surface area (TPSA) is 84.0 Å². The lowest BCUT2D eigenvalue weighted by atomic mass is 10.00. The van der Waals surface area contributed by atoms with Gasteiger partial charge in [-0.2, -0.15) is 0 Å². The van der Waals surface area contributed by atoms with Crippen molar-refractivity contribution in [2.45, 2.75) is 32.4 Å². The van der Waals surface area contributed by atoms with E-state index in [-0.39, 0.29) is 38.3 Å². The summed E-state index contributed by atoms with van der Waals surface area (Å²) in [5.41, 5.74) is 1.25. The summed E-state index contributed by atoms with van der Waals surface area (Å²) in [5, 5.41) is 0. The number of imide groups is 1. The first kappa shape index (κ1) is 16.2. The van der Waals surface area contributed by atoms with Crippen molar-refractivity contribution in [1.29, 1.82) is 0 Å². The van der Waals surface area contributed by atoms with Crippen LogP contribution in [0.4, 0.5) is 4.79 Å². The van der Waals surface area contributed by atoms with E-state index < -0.39 is 23.9 Å². The number of likely N-dealkylation sites (tertiary alicyclic amines) is 1. The Kier molecular flexibility index (Phi) is 4.33. The second kappa shape index (κ2) is 6.43. The van der Waals surface area contributed by atoms with Crippen LogP contribution < -0.4 is 0 Å². The zero-order chi connectivity index (χ0) is 17.3. The van der Waals surface area contributed by atoms with Crippen LogP contribution in [-0.2, 0) is 20.9 Å². The molecule has 2 aliphatic rings. The quantitative estimate of drug-likeness (QED) is 0.765. The normalized spacial score (nSPS) is 20.1. The van der Waals surface area contributed by atoms with Gasteiger partial charge in [0.1, 0.15) is 11.8 Å². The number of ether oxygens (including phenoxy) is 1. The minimum Gasteiger partial charge on any atom is -0.450 e. The van der Waals surface area contributed by atoms with Crippen LogP contribution in [-0.4, -0.2) is 52.7 Å². The molecule has 3 rings (SSSR count). The highest BCUT2D eigenvalue weighted by Gasteiger charge is 2.42. The van der Waals surface area contributed by atoms with E-state index in [1.807, 2.05) is 0 Å². The van der Waals surface area contributed by atoms with Crippen LogP contribution in [0.2, 0.25) is 0 Å². The Morgan fingerprint density at radius 1 is 1.25 bits per heavy atom. The number of benzene rings is 1. The molecule has 1 saturated heterocycles. The van der Waals surface area contributed by atoms with Crippen molar-refractivity contribution in [3.8, 4) is 0 Å². The number of Topliss-reactive ketones (excluding diaryl/α,β-unsaturated/α-hetero) is 1. The molecule has 0 N–H and O–H groups in total. The van der Waals surface area contributed by atoms with Gasteiger partial charge >= 0.3 is 6.09 Å². The summed E-state index contributed by atoms with van der Waals surface area (Å²) in [5.74, 6) is -1.02. The average molecular weight is 330 g/mol. The number of ketones is 1. The van der Waals surface area contributed by atoms with Gasteiger partial charge in [-0.1, -0.05) is 18.2 Å². The Hall–Kier alpha value is -2.70. The molecule has 126 valence electrons. The SMILES string of the molecule is CCOC(=O)N1CCC(=O)CC1C(=O)N1Cc2ccccc2C1=O. The van der Waals surface area contributed by atoms with E-state index in [1.54, 1.807) is 31.2 Å². The molecule has 1 fully saturated rings. The predicted molar refractivity (Wildman–Crippen MR) is 83.1 cm³/mol. The van der Waals surface area contributed by atoms with Crippen molar-refractivity contribution < 1.29 is 23.9 Å². The number of fused-ring (bicyclic) bond motifs is 1. The molecule has 3 amide bonds. The van der Waals surface area contributed by atoms with Gasteiger partial charge in [-0.15, -0.1) is 0 Å². The first-order valence-electron chi connectivity index (χ1n) is 7.91. The van der Waals surface area contributed by atoms with Crippen molar-refractivity contribution >= 4 is 23.7 Å². The van der Waals surface area contributed by atoms with E-state index in [2.05, 4.69) is 0 Å². The van der Waals surface area contributed by atoms with E-state index in [0.29, 0.717) is 5.56 Å². The maximum atomic E-state index is 12.8. The summed E-state index contributed by atoms with van der Waals surface area (Å²) in [4.78, 5) is 51.5. The molecule has 0 spiro atoms. The van der Waals surface area contributed by atoms with Crippen LogP contribution in [0.15, 0.2) is 24.3 Å². The predicted octanol–water partition coefficient (Wildman–Crippen LogP) is 1.36. The summed E-state index contributed by atoms with van der Waals surface area (Å²) >= 11 is 0. The summed E-state index contributed by atoms with van der Waals surface area (Å²) in [7, 11) is 0. The molecule has 1 atom stereocenters. The second-order valence-electron chi connectivity index (χ2n) is 5.79. The van der Waals surface area contributed by atoms with Gasteiger partial charge in [-0.3, -0.25) is 24.2 Å². The first-order chi connectivity index (χ1) is 11.5. The number of piperidine rings is 1. The van der Waals surface area contributed by atoms with Crippen LogP contribution in [0.3, 0.4) is 0 Å². The number of hydrogen-bond donors (Lipinski definition) is 0. The summed E-state index contributed by atoms with van der Waals surface area (Å²) in [6.45, 7) is 2.14. The molecule has 7 heteroatoms. The molecule has 24 heavy (non-hydrogen) atoms. The smallest absolute Gasteiger partial charge is 0.410 e. The lowest BCUT2D eigenvalue weighted by Crippen LogP contribution is -2.55. The molecule has 0 radical (unpaired) electrons. The minimum atomic E-state index is -0.983. The van der Waals surface area contributed by atoms with Crippen LogP contribution in [0.25, 0.3) is 0 Å². The monoisotopic (exact) mass is 330 g/mol. The Morgan fingerprint density at radius 3 is 2.71 bits per heavy atom. The Balaban J connectivity index is 1.83. The third kappa shape index (κ3) is 2.77. The number of carbonyl (C=O) groups is 4. The van der Waals surface area contributed by atoms with Gasteiger partial charge in [0.25, 0.3) is 11.8 Å². The molecule has 2 aliphatic heterocycles. The lowest BCUT2D eigenvalue weighted by molar-refractivity contribution is -0.139. The van der Waals surface area contributed by atoms with Gasteiger partial charge in [0.2, 0.25) is 0 Å². The number of rotatable bonds is 2. The van der Waals surface area contributed by atoms with E-state index in [9.17, 15) is 19.2 Å². The molecule has 1 aromatic carbocycles. The third-order valence-corrected chi connectivity index (χ3v) is 4.30. The van der Waals surface area contributed by atoms with Gasteiger partial charge in [0.15, 0.2) is 0 Å². The fourth-order valence-corrected chi connectivity index (χ4v) is 3.09. The number of carbonyl (C=O) groups excluding carboxylic acids is 4. The molecule has 1 unspecified atom stereocenters. The van der Waals surface area contributed by atoms with E-state index in [0.717, 1.165) is 10.5 Å². The van der Waals surface area contributed by atoms with Crippen molar-refractivity contribution in [3.05, 3.63) is 35.4 Å². The van der Waals surface area contributed by atoms with Crippen molar-refractivity contribution in [1.82, 2.24) is 9.80 Å². The number of hydrogen-bond acceptors (Lipinski definition) is 5. The molecular formula is C17H18N2O5. The van der Waals surface area contributed by atoms with E-state index >= 15 is 0 Å². The highest BCUT2D eigenvalue weighted by Crippen LogP contribution is 2.26. The van der Waals surface area contributed by atoms with Gasteiger partial charge < -0.3 is 4.74 Å². The Labute approximate surface area is 139 Å². The van der Waals surface area contributed by atoms with Gasteiger partial charge in [0, 0.05) is 24.9 Å². The maximum Gasteiger partial charge on any atom is 0.410 e. The van der Waals surface area contributed by atoms with Crippen LogP contribution in [0, 0.1) is 0 Å². The third-order valence-electron chi connectivity index (χ3n) is 4.30.